The Bertz CT molecular complexity index is 689. The molecule has 6 heteroatoms. The molecule has 6 nitrogen and oxygen atoms in total. The summed E-state index contributed by atoms with van der Waals surface area (Å²) in [6, 6.07) is 5.30. The third-order valence-corrected chi connectivity index (χ3v) is 5.40. The summed E-state index contributed by atoms with van der Waals surface area (Å²) >= 11 is 0. The minimum atomic E-state index is -0.584. The summed E-state index contributed by atoms with van der Waals surface area (Å²) in [7, 11) is 1.60. The SMILES string of the molecule is COc1cccc(C(=O)N2CC[C@@]34OCCN3C(=O)C[C@@H]24)c1C. The molecule has 122 valence electrons. The number of benzene rings is 1. The molecule has 4 rings (SSSR count). The van der Waals surface area contributed by atoms with Gasteiger partial charge in [-0.05, 0) is 19.1 Å². The van der Waals surface area contributed by atoms with Crippen molar-refractivity contribution in [1.82, 2.24) is 9.80 Å². The summed E-state index contributed by atoms with van der Waals surface area (Å²) < 4.78 is 11.2. The molecule has 3 heterocycles. The molecule has 0 aromatic heterocycles. The molecular formula is C17H20N2O4. The van der Waals surface area contributed by atoms with E-state index in [4.69, 9.17) is 9.47 Å². The number of hydrogen-bond donors (Lipinski definition) is 0. The van der Waals surface area contributed by atoms with E-state index in [0.29, 0.717) is 43.9 Å². The molecule has 3 fully saturated rings. The van der Waals surface area contributed by atoms with Gasteiger partial charge in [-0.3, -0.25) is 9.59 Å². The third kappa shape index (κ3) is 1.84. The number of methoxy groups -OCH3 is 1. The van der Waals surface area contributed by atoms with Crippen molar-refractivity contribution >= 4 is 11.8 Å². The number of likely N-dealkylation sites (tertiary alicyclic amines) is 1. The highest BCUT2D eigenvalue weighted by atomic mass is 16.5. The second-order valence-corrected chi connectivity index (χ2v) is 6.34. The lowest BCUT2D eigenvalue weighted by atomic mass is 10.0. The molecule has 0 aliphatic carbocycles. The van der Waals surface area contributed by atoms with Gasteiger partial charge in [0, 0.05) is 30.6 Å². The zero-order valence-electron chi connectivity index (χ0n) is 13.4. The van der Waals surface area contributed by atoms with Crippen LogP contribution in [-0.2, 0) is 9.53 Å². The van der Waals surface area contributed by atoms with E-state index >= 15 is 0 Å². The van der Waals surface area contributed by atoms with Gasteiger partial charge in [0.25, 0.3) is 5.91 Å². The summed E-state index contributed by atoms with van der Waals surface area (Å²) in [6.07, 6.45) is 1.05. The molecule has 1 aromatic rings. The maximum absolute atomic E-state index is 13.1. The maximum atomic E-state index is 13.1. The first-order valence-electron chi connectivity index (χ1n) is 7.97. The monoisotopic (exact) mass is 316 g/mol. The Labute approximate surface area is 134 Å². The van der Waals surface area contributed by atoms with Crippen LogP contribution in [0.5, 0.6) is 5.75 Å². The molecule has 3 aliphatic rings. The second kappa shape index (κ2) is 4.96. The van der Waals surface area contributed by atoms with Crippen LogP contribution in [-0.4, -0.2) is 60.2 Å². The number of ether oxygens (including phenoxy) is 2. The van der Waals surface area contributed by atoms with Crippen molar-refractivity contribution in [3.05, 3.63) is 29.3 Å². The van der Waals surface area contributed by atoms with Gasteiger partial charge in [-0.15, -0.1) is 0 Å². The van der Waals surface area contributed by atoms with Gasteiger partial charge in [-0.2, -0.15) is 0 Å². The molecule has 0 saturated carbocycles. The Balaban J connectivity index is 1.67. The van der Waals surface area contributed by atoms with Crippen molar-refractivity contribution < 1.29 is 19.1 Å². The van der Waals surface area contributed by atoms with Gasteiger partial charge in [0.2, 0.25) is 5.91 Å². The van der Waals surface area contributed by atoms with Crippen molar-refractivity contribution in [3.8, 4) is 5.75 Å². The number of carbonyl (C=O) groups is 2. The minimum absolute atomic E-state index is 0.0478. The fraction of sp³-hybridized carbons (Fsp3) is 0.529. The van der Waals surface area contributed by atoms with Gasteiger partial charge in [-0.1, -0.05) is 6.07 Å². The number of nitrogens with zero attached hydrogens (tertiary/aromatic N) is 2. The first-order valence-corrected chi connectivity index (χ1v) is 7.97. The van der Waals surface area contributed by atoms with Crippen LogP contribution in [0, 0.1) is 6.92 Å². The smallest absolute Gasteiger partial charge is 0.254 e. The largest absolute Gasteiger partial charge is 0.496 e. The Kier molecular flexibility index (Phi) is 3.13. The van der Waals surface area contributed by atoms with Crippen LogP contribution in [0.15, 0.2) is 18.2 Å². The number of carbonyl (C=O) groups excluding carboxylic acids is 2. The van der Waals surface area contributed by atoms with E-state index in [1.807, 2.05) is 34.9 Å². The predicted octanol–water partition coefficient (Wildman–Crippen LogP) is 1.18. The minimum Gasteiger partial charge on any atom is -0.496 e. The second-order valence-electron chi connectivity index (χ2n) is 6.34. The molecule has 1 aromatic carbocycles. The van der Waals surface area contributed by atoms with E-state index in [9.17, 15) is 9.59 Å². The van der Waals surface area contributed by atoms with Gasteiger partial charge in [0.05, 0.1) is 26.2 Å². The summed E-state index contributed by atoms with van der Waals surface area (Å²) in [4.78, 5) is 28.9. The van der Waals surface area contributed by atoms with Crippen molar-refractivity contribution in [1.29, 1.82) is 0 Å². The summed E-state index contributed by atoms with van der Waals surface area (Å²) in [5, 5.41) is 0. The molecule has 23 heavy (non-hydrogen) atoms. The molecule has 2 atom stereocenters. The highest BCUT2D eigenvalue weighted by molar-refractivity contribution is 5.97. The van der Waals surface area contributed by atoms with E-state index in [-0.39, 0.29) is 17.9 Å². The Morgan fingerprint density at radius 3 is 3.00 bits per heavy atom. The van der Waals surface area contributed by atoms with Gasteiger partial charge in [0.1, 0.15) is 5.75 Å². The quantitative estimate of drug-likeness (QED) is 0.822. The topological polar surface area (TPSA) is 59.1 Å². The molecule has 1 spiro atoms. The van der Waals surface area contributed by atoms with Crippen molar-refractivity contribution in [2.45, 2.75) is 31.5 Å². The Morgan fingerprint density at radius 1 is 1.39 bits per heavy atom. The summed E-state index contributed by atoms with van der Waals surface area (Å²) in [5.41, 5.74) is 0.874. The first-order chi connectivity index (χ1) is 11.1. The van der Waals surface area contributed by atoms with Crippen LogP contribution < -0.4 is 4.74 Å². The molecular weight excluding hydrogens is 296 g/mol. The first kappa shape index (κ1) is 14.5. The zero-order chi connectivity index (χ0) is 16.2. The van der Waals surface area contributed by atoms with E-state index in [2.05, 4.69) is 0 Å². The van der Waals surface area contributed by atoms with E-state index in [1.165, 1.54) is 0 Å². The van der Waals surface area contributed by atoms with E-state index in [0.717, 1.165) is 5.56 Å². The standard InChI is InChI=1S/C17H20N2O4/c1-11-12(4-3-5-13(11)22-2)16(21)18-7-6-17-14(18)10-15(20)19(17)8-9-23-17/h3-5,14H,6-10H2,1-2H3/t14-,17+/m1/s1. The lowest BCUT2D eigenvalue weighted by Crippen LogP contribution is -2.48. The average molecular weight is 316 g/mol. The molecule has 0 unspecified atom stereocenters. The molecule has 3 aliphatic heterocycles. The van der Waals surface area contributed by atoms with E-state index in [1.54, 1.807) is 7.11 Å². The summed E-state index contributed by atoms with van der Waals surface area (Å²) in [6.45, 7) is 3.69. The maximum Gasteiger partial charge on any atom is 0.254 e. The molecule has 0 radical (unpaired) electrons. The fourth-order valence-electron chi connectivity index (χ4n) is 4.26. The lowest BCUT2D eigenvalue weighted by Gasteiger charge is -2.31. The van der Waals surface area contributed by atoms with E-state index < -0.39 is 5.72 Å². The van der Waals surface area contributed by atoms with Crippen molar-refractivity contribution in [3.63, 3.8) is 0 Å². The van der Waals surface area contributed by atoms with Crippen LogP contribution in [0.3, 0.4) is 0 Å². The van der Waals surface area contributed by atoms with Crippen molar-refractivity contribution in [2.75, 3.05) is 26.8 Å². The zero-order valence-corrected chi connectivity index (χ0v) is 13.4. The van der Waals surface area contributed by atoms with Crippen LogP contribution in [0.2, 0.25) is 0 Å². The molecule has 2 amide bonds. The highest BCUT2D eigenvalue weighted by Crippen LogP contribution is 2.46. The van der Waals surface area contributed by atoms with Gasteiger partial charge >= 0.3 is 0 Å². The van der Waals surface area contributed by atoms with Crippen molar-refractivity contribution in [2.24, 2.45) is 0 Å². The van der Waals surface area contributed by atoms with Gasteiger partial charge in [-0.25, -0.2) is 0 Å². The predicted molar refractivity (Wildman–Crippen MR) is 82.2 cm³/mol. The van der Waals surface area contributed by atoms with Crippen LogP contribution >= 0.6 is 0 Å². The van der Waals surface area contributed by atoms with Crippen LogP contribution in [0.4, 0.5) is 0 Å². The normalized spacial score (nSPS) is 29.0. The van der Waals surface area contributed by atoms with Crippen LogP contribution in [0.1, 0.15) is 28.8 Å². The van der Waals surface area contributed by atoms with Crippen LogP contribution in [0.25, 0.3) is 0 Å². The molecule has 0 N–H and O–H groups in total. The summed E-state index contributed by atoms with van der Waals surface area (Å²) in [5.74, 6) is 0.742. The van der Waals surface area contributed by atoms with Gasteiger partial charge in [0.15, 0.2) is 5.72 Å². The number of hydrogen-bond acceptors (Lipinski definition) is 4. The van der Waals surface area contributed by atoms with Gasteiger partial charge < -0.3 is 19.3 Å². The number of rotatable bonds is 2. The highest BCUT2D eigenvalue weighted by Gasteiger charge is 2.62. The fourth-order valence-corrected chi connectivity index (χ4v) is 4.26. The molecule has 0 bridgehead atoms. The Morgan fingerprint density at radius 2 is 2.22 bits per heavy atom. The number of amides is 2. The average Bonchev–Trinajstić information content (AvgIpc) is 3.18. The third-order valence-electron chi connectivity index (χ3n) is 5.40. The lowest BCUT2D eigenvalue weighted by molar-refractivity contribution is -0.136. The Hall–Kier alpha value is -2.08. The molecule has 3 saturated heterocycles.